The first-order chi connectivity index (χ1) is 12.1. The van der Waals surface area contributed by atoms with Crippen LogP contribution in [0.25, 0.3) is 21.7 Å². The Morgan fingerprint density at radius 2 is 1.72 bits per heavy atom. The number of carbonyl (C=O) groups excluding carboxylic acids is 1. The second kappa shape index (κ2) is 6.07. The number of fused-ring (bicyclic) bond motifs is 2. The van der Waals surface area contributed by atoms with Crippen molar-refractivity contribution >= 4 is 44.9 Å². The van der Waals surface area contributed by atoms with E-state index in [9.17, 15) is 9.59 Å². The minimum absolute atomic E-state index is 0.0669. The summed E-state index contributed by atoms with van der Waals surface area (Å²) < 4.78 is 5.22. The molecule has 122 valence electrons. The molecule has 0 atom stereocenters. The fourth-order valence-corrected chi connectivity index (χ4v) is 2.96. The van der Waals surface area contributed by atoms with Crippen LogP contribution >= 0.6 is 11.6 Å². The molecule has 0 spiro atoms. The van der Waals surface area contributed by atoms with Gasteiger partial charge in [-0.2, -0.15) is 0 Å². The van der Waals surface area contributed by atoms with Crippen LogP contribution in [-0.4, -0.2) is 5.91 Å². The molecule has 4 aromatic rings. The fraction of sp³-hybridized carbons (Fsp3) is 0. The predicted molar refractivity (Wildman–Crippen MR) is 99.4 cm³/mol. The molecule has 4 rings (SSSR count). The first-order valence-corrected chi connectivity index (χ1v) is 8.02. The number of halogens is 1. The molecule has 0 saturated heterocycles. The maximum atomic E-state index is 12.6. The Kier molecular flexibility index (Phi) is 3.75. The van der Waals surface area contributed by atoms with Crippen molar-refractivity contribution < 1.29 is 9.21 Å². The molecule has 0 fully saturated rings. The molecule has 1 aromatic heterocycles. The van der Waals surface area contributed by atoms with Gasteiger partial charge in [-0.05, 0) is 35.7 Å². The number of rotatable bonds is 2. The quantitative estimate of drug-likeness (QED) is 0.526. The Hall–Kier alpha value is -3.11. The fourth-order valence-electron chi connectivity index (χ4n) is 2.78. The summed E-state index contributed by atoms with van der Waals surface area (Å²) in [5, 5.41) is 5.78. The van der Waals surface area contributed by atoms with Crippen LogP contribution in [0, 0.1) is 0 Å². The topological polar surface area (TPSA) is 59.3 Å². The van der Waals surface area contributed by atoms with Gasteiger partial charge in [0.1, 0.15) is 11.1 Å². The van der Waals surface area contributed by atoms with Crippen LogP contribution in [0.4, 0.5) is 5.69 Å². The van der Waals surface area contributed by atoms with Crippen molar-refractivity contribution in [2.45, 2.75) is 0 Å². The number of anilines is 1. The Balaban J connectivity index is 1.77. The van der Waals surface area contributed by atoms with Gasteiger partial charge in [-0.3, -0.25) is 4.79 Å². The van der Waals surface area contributed by atoms with Gasteiger partial charge >= 0.3 is 5.63 Å². The van der Waals surface area contributed by atoms with Crippen molar-refractivity contribution in [2.24, 2.45) is 0 Å². The van der Waals surface area contributed by atoms with Crippen LogP contribution in [0.3, 0.4) is 0 Å². The first-order valence-electron chi connectivity index (χ1n) is 7.64. The highest BCUT2D eigenvalue weighted by atomic mass is 35.5. The minimum Gasteiger partial charge on any atom is -0.422 e. The van der Waals surface area contributed by atoms with Gasteiger partial charge < -0.3 is 9.73 Å². The van der Waals surface area contributed by atoms with Crippen LogP contribution in [0.15, 0.2) is 75.9 Å². The number of hydrogen-bond acceptors (Lipinski definition) is 3. The lowest BCUT2D eigenvalue weighted by Crippen LogP contribution is -2.20. The average molecular weight is 350 g/mol. The lowest BCUT2D eigenvalue weighted by molar-refractivity contribution is 0.102. The van der Waals surface area contributed by atoms with Crippen LogP contribution in [0.2, 0.25) is 5.02 Å². The third-order valence-electron chi connectivity index (χ3n) is 3.98. The van der Waals surface area contributed by atoms with Gasteiger partial charge in [0.05, 0.1) is 0 Å². The molecule has 1 heterocycles. The second-order valence-electron chi connectivity index (χ2n) is 5.61. The molecule has 0 saturated carbocycles. The Morgan fingerprint density at radius 1 is 0.920 bits per heavy atom. The zero-order chi connectivity index (χ0) is 17.4. The number of nitrogens with one attached hydrogen (secondary N) is 1. The van der Waals surface area contributed by atoms with E-state index in [1.165, 1.54) is 6.07 Å². The number of benzene rings is 3. The lowest BCUT2D eigenvalue weighted by Gasteiger charge is -2.08. The SMILES string of the molecule is O=C(Nc1cccc2ccccc12)c1cc2cc(Cl)ccc2oc1=O. The first kappa shape index (κ1) is 15.4. The molecule has 0 aliphatic carbocycles. The Bertz CT molecular complexity index is 1180. The molecule has 0 unspecified atom stereocenters. The van der Waals surface area contributed by atoms with E-state index in [2.05, 4.69) is 5.32 Å². The van der Waals surface area contributed by atoms with E-state index in [0.29, 0.717) is 21.7 Å². The zero-order valence-corrected chi connectivity index (χ0v) is 13.7. The van der Waals surface area contributed by atoms with Crippen molar-refractivity contribution in [2.75, 3.05) is 5.32 Å². The molecular weight excluding hydrogens is 338 g/mol. The third-order valence-corrected chi connectivity index (χ3v) is 4.21. The molecule has 4 nitrogen and oxygen atoms in total. The molecule has 25 heavy (non-hydrogen) atoms. The van der Waals surface area contributed by atoms with E-state index < -0.39 is 11.5 Å². The Morgan fingerprint density at radius 3 is 2.60 bits per heavy atom. The monoisotopic (exact) mass is 349 g/mol. The van der Waals surface area contributed by atoms with E-state index in [1.54, 1.807) is 24.3 Å². The van der Waals surface area contributed by atoms with Crippen LogP contribution < -0.4 is 10.9 Å². The predicted octanol–water partition coefficient (Wildman–Crippen LogP) is 4.85. The summed E-state index contributed by atoms with van der Waals surface area (Å²) in [4.78, 5) is 24.8. The average Bonchev–Trinajstić information content (AvgIpc) is 2.62. The van der Waals surface area contributed by atoms with Crippen molar-refractivity contribution in [1.82, 2.24) is 0 Å². The summed E-state index contributed by atoms with van der Waals surface area (Å²) in [7, 11) is 0. The standard InChI is InChI=1S/C20H12ClNO3/c21-14-8-9-18-13(10-14)11-16(20(24)25-18)19(23)22-17-7-3-5-12-4-1-2-6-15(12)17/h1-11H,(H,22,23). The molecule has 0 radical (unpaired) electrons. The molecule has 1 amide bonds. The molecule has 5 heteroatoms. The van der Waals surface area contributed by atoms with E-state index in [-0.39, 0.29) is 5.56 Å². The van der Waals surface area contributed by atoms with Crippen LogP contribution in [0.1, 0.15) is 10.4 Å². The van der Waals surface area contributed by atoms with Gasteiger partial charge in [0.2, 0.25) is 0 Å². The van der Waals surface area contributed by atoms with E-state index in [4.69, 9.17) is 16.0 Å². The maximum absolute atomic E-state index is 12.6. The van der Waals surface area contributed by atoms with Gasteiger partial charge in [-0.25, -0.2) is 4.79 Å². The number of carbonyl (C=O) groups is 1. The normalized spacial score (nSPS) is 10.9. The van der Waals surface area contributed by atoms with Crippen LogP contribution in [-0.2, 0) is 0 Å². The maximum Gasteiger partial charge on any atom is 0.349 e. The van der Waals surface area contributed by atoms with Crippen molar-refractivity contribution in [3.8, 4) is 0 Å². The van der Waals surface area contributed by atoms with Crippen molar-refractivity contribution in [3.05, 3.63) is 87.7 Å². The summed E-state index contributed by atoms with van der Waals surface area (Å²) in [6, 6.07) is 19.7. The highest BCUT2D eigenvalue weighted by Gasteiger charge is 2.15. The molecule has 1 N–H and O–H groups in total. The van der Waals surface area contributed by atoms with Crippen molar-refractivity contribution in [3.63, 3.8) is 0 Å². The largest absolute Gasteiger partial charge is 0.422 e. The van der Waals surface area contributed by atoms with E-state index >= 15 is 0 Å². The molecule has 3 aromatic carbocycles. The van der Waals surface area contributed by atoms with Gasteiger partial charge in [-0.15, -0.1) is 0 Å². The lowest BCUT2D eigenvalue weighted by atomic mass is 10.1. The summed E-state index contributed by atoms with van der Waals surface area (Å²) >= 11 is 5.97. The van der Waals surface area contributed by atoms with Gasteiger partial charge in [0, 0.05) is 21.5 Å². The summed E-state index contributed by atoms with van der Waals surface area (Å²) in [6.45, 7) is 0. The van der Waals surface area contributed by atoms with E-state index in [0.717, 1.165) is 10.8 Å². The van der Waals surface area contributed by atoms with Gasteiger partial charge in [0.15, 0.2) is 0 Å². The Labute approximate surface area is 147 Å². The zero-order valence-electron chi connectivity index (χ0n) is 13.0. The van der Waals surface area contributed by atoms with Crippen molar-refractivity contribution in [1.29, 1.82) is 0 Å². The summed E-state index contributed by atoms with van der Waals surface area (Å²) in [5.74, 6) is -0.521. The van der Waals surface area contributed by atoms with Crippen LogP contribution in [0.5, 0.6) is 0 Å². The number of amides is 1. The second-order valence-corrected chi connectivity index (χ2v) is 6.05. The minimum atomic E-state index is -0.687. The highest BCUT2D eigenvalue weighted by molar-refractivity contribution is 6.31. The molecule has 0 aliphatic heterocycles. The van der Waals surface area contributed by atoms with Gasteiger partial charge in [0.25, 0.3) is 5.91 Å². The summed E-state index contributed by atoms with van der Waals surface area (Å²) in [6.07, 6.45) is 0. The summed E-state index contributed by atoms with van der Waals surface area (Å²) in [5.41, 5.74) is 0.264. The molecular formula is C20H12ClNO3. The van der Waals surface area contributed by atoms with E-state index in [1.807, 2.05) is 36.4 Å². The number of hydrogen-bond donors (Lipinski definition) is 1. The third kappa shape index (κ3) is 2.88. The molecule has 0 aliphatic rings. The highest BCUT2D eigenvalue weighted by Crippen LogP contribution is 2.24. The molecule has 0 bridgehead atoms. The smallest absolute Gasteiger partial charge is 0.349 e. The van der Waals surface area contributed by atoms with Gasteiger partial charge in [-0.1, -0.05) is 48.0 Å².